The Balaban J connectivity index is 1.24. The molecule has 0 amide bonds. The van der Waals surface area contributed by atoms with Crippen molar-refractivity contribution < 1.29 is 8.83 Å². The molecule has 3 nitrogen and oxygen atoms in total. The minimum absolute atomic E-state index is 0.919. The molecular formula is C40H29NO2. The van der Waals surface area contributed by atoms with Crippen LogP contribution >= 0.6 is 0 Å². The van der Waals surface area contributed by atoms with Gasteiger partial charge in [0, 0.05) is 44.9 Å². The van der Waals surface area contributed by atoms with Crippen molar-refractivity contribution >= 4 is 62.1 Å². The van der Waals surface area contributed by atoms with Gasteiger partial charge in [0.15, 0.2) is 0 Å². The number of benzene rings is 5. The van der Waals surface area contributed by atoms with Gasteiger partial charge < -0.3 is 13.7 Å². The molecule has 7 aromatic rings. The van der Waals surface area contributed by atoms with Gasteiger partial charge in [-0.2, -0.15) is 0 Å². The normalized spacial score (nSPS) is 14.0. The maximum absolute atomic E-state index is 6.37. The summed E-state index contributed by atoms with van der Waals surface area (Å²) < 4.78 is 12.7. The molecule has 0 saturated heterocycles. The summed E-state index contributed by atoms with van der Waals surface area (Å²) >= 11 is 0. The van der Waals surface area contributed by atoms with Crippen LogP contribution in [0.1, 0.15) is 35.3 Å². The first-order valence-electron chi connectivity index (χ1n) is 15.1. The zero-order valence-electron chi connectivity index (χ0n) is 23.7. The highest BCUT2D eigenvalue weighted by Gasteiger charge is 2.21. The van der Waals surface area contributed by atoms with E-state index in [0.717, 1.165) is 70.6 Å². The van der Waals surface area contributed by atoms with Gasteiger partial charge >= 0.3 is 0 Å². The average Bonchev–Trinajstić information content (AvgIpc) is 3.63. The minimum atomic E-state index is 0.919. The molecule has 0 N–H and O–H groups in total. The summed E-state index contributed by atoms with van der Waals surface area (Å²) in [6, 6.07) is 36.9. The molecular weight excluding hydrogens is 526 g/mol. The van der Waals surface area contributed by atoms with Gasteiger partial charge in [0.1, 0.15) is 22.5 Å². The van der Waals surface area contributed by atoms with Crippen molar-refractivity contribution in [3.05, 3.63) is 138 Å². The van der Waals surface area contributed by atoms with Crippen LogP contribution in [-0.4, -0.2) is 0 Å². The summed E-state index contributed by atoms with van der Waals surface area (Å²) in [5.74, 6) is 0.988. The Bertz CT molecular complexity index is 2230. The lowest BCUT2D eigenvalue weighted by Crippen LogP contribution is -2.09. The first kappa shape index (κ1) is 24.3. The summed E-state index contributed by atoms with van der Waals surface area (Å²) in [6.45, 7) is 0. The van der Waals surface area contributed by atoms with Crippen LogP contribution < -0.4 is 4.90 Å². The molecule has 0 bridgehead atoms. The van der Waals surface area contributed by atoms with E-state index in [2.05, 4.69) is 132 Å². The number of furan rings is 2. The second kappa shape index (κ2) is 9.64. The molecule has 9 rings (SSSR count). The highest BCUT2D eigenvalue weighted by Crippen LogP contribution is 2.43. The number of hydrogen-bond acceptors (Lipinski definition) is 3. The summed E-state index contributed by atoms with van der Waals surface area (Å²) in [5.41, 5.74) is 12.4. The van der Waals surface area contributed by atoms with Gasteiger partial charge in [-0.1, -0.05) is 66.8 Å². The van der Waals surface area contributed by atoms with E-state index in [9.17, 15) is 0 Å². The summed E-state index contributed by atoms with van der Waals surface area (Å²) in [5, 5.41) is 3.60. The van der Waals surface area contributed by atoms with Gasteiger partial charge in [-0.3, -0.25) is 0 Å². The quantitative estimate of drug-likeness (QED) is 0.216. The molecule has 0 aliphatic heterocycles. The Morgan fingerprint density at radius 2 is 1.23 bits per heavy atom. The molecule has 2 aliphatic carbocycles. The fourth-order valence-corrected chi connectivity index (χ4v) is 6.93. The first-order chi connectivity index (χ1) is 21.3. The number of rotatable bonds is 4. The van der Waals surface area contributed by atoms with Crippen LogP contribution in [-0.2, 0) is 12.8 Å². The zero-order valence-corrected chi connectivity index (χ0v) is 23.7. The third-order valence-electron chi connectivity index (χ3n) is 9.01. The van der Waals surface area contributed by atoms with Gasteiger partial charge in [0.05, 0.1) is 0 Å². The van der Waals surface area contributed by atoms with Gasteiger partial charge in [0.25, 0.3) is 0 Å². The molecule has 5 aromatic carbocycles. The topological polar surface area (TPSA) is 29.5 Å². The SMILES string of the molecule is C1=Cc2oc3cc(N(c4ccc(-c5ccccc5)cc4)c4ccc5oc6ccc7c(c6c5c4)CCC=C7)ccc3c2CC1. The number of aryl methyl sites for hydroxylation is 2. The van der Waals surface area contributed by atoms with Gasteiger partial charge in [-0.25, -0.2) is 0 Å². The Morgan fingerprint density at radius 1 is 0.512 bits per heavy atom. The zero-order chi connectivity index (χ0) is 28.3. The van der Waals surface area contributed by atoms with Crippen molar-refractivity contribution in [1.82, 2.24) is 0 Å². The molecule has 0 radical (unpaired) electrons. The molecule has 43 heavy (non-hydrogen) atoms. The number of hydrogen-bond donors (Lipinski definition) is 0. The highest BCUT2D eigenvalue weighted by atomic mass is 16.3. The lowest BCUT2D eigenvalue weighted by Gasteiger charge is -2.26. The summed E-state index contributed by atoms with van der Waals surface area (Å²) in [6.07, 6.45) is 13.0. The van der Waals surface area contributed by atoms with Crippen LogP contribution in [0.5, 0.6) is 0 Å². The molecule has 0 fully saturated rings. The average molecular weight is 556 g/mol. The maximum atomic E-state index is 6.37. The number of anilines is 3. The molecule has 2 aromatic heterocycles. The third kappa shape index (κ3) is 3.96. The predicted octanol–water partition coefficient (Wildman–Crippen LogP) is 11.4. The minimum Gasteiger partial charge on any atom is -0.456 e. The van der Waals surface area contributed by atoms with E-state index in [1.807, 2.05) is 0 Å². The third-order valence-corrected chi connectivity index (χ3v) is 9.01. The van der Waals surface area contributed by atoms with Crippen molar-refractivity contribution in [2.45, 2.75) is 25.7 Å². The smallest absolute Gasteiger partial charge is 0.137 e. The molecule has 2 heterocycles. The lowest BCUT2D eigenvalue weighted by molar-refractivity contribution is 0.595. The van der Waals surface area contributed by atoms with E-state index in [0.29, 0.717) is 0 Å². The Labute approximate surface area is 250 Å². The van der Waals surface area contributed by atoms with Crippen LogP contribution in [0.4, 0.5) is 17.1 Å². The molecule has 2 aliphatic rings. The molecule has 3 heteroatoms. The maximum Gasteiger partial charge on any atom is 0.137 e. The van der Waals surface area contributed by atoms with E-state index in [4.69, 9.17) is 8.83 Å². The van der Waals surface area contributed by atoms with Crippen molar-refractivity contribution in [2.24, 2.45) is 0 Å². The van der Waals surface area contributed by atoms with E-state index >= 15 is 0 Å². The fraction of sp³-hybridized carbons (Fsp3) is 0.100. The van der Waals surface area contributed by atoms with Gasteiger partial charge in [-0.05, 0) is 103 Å². The molecule has 0 unspecified atom stereocenters. The van der Waals surface area contributed by atoms with Crippen LogP contribution in [0, 0.1) is 0 Å². The van der Waals surface area contributed by atoms with Crippen molar-refractivity contribution in [1.29, 1.82) is 0 Å². The number of allylic oxidation sites excluding steroid dienone is 2. The van der Waals surface area contributed by atoms with E-state index in [1.54, 1.807) is 0 Å². The number of nitrogens with zero attached hydrogens (tertiary/aromatic N) is 1. The Hall–Kier alpha value is -5.28. The van der Waals surface area contributed by atoms with Crippen molar-refractivity contribution in [3.8, 4) is 11.1 Å². The Morgan fingerprint density at radius 3 is 2.12 bits per heavy atom. The molecule has 206 valence electrons. The largest absolute Gasteiger partial charge is 0.456 e. The van der Waals surface area contributed by atoms with E-state index in [-0.39, 0.29) is 0 Å². The van der Waals surface area contributed by atoms with Crippen molar-refractivity contribution in [2.75, 3.05) is 4.90 Å². The second-order valence-corrected chi connectivity index (χ2v) is 11.5. The first-order valence-corrected chi connectivity index (χ1v) is 15.1. The molecule has 0 spiro atoms. The van der Waals surface area contributed by atoms with Crippen molar-refractivity contribution in [3.63, 3.8) is 0 Å². The molecule has 0 atom stereocenters. The van der Waals surface area contributed by atoms with Crippen LogP contribution in [0.15, 0.2) is 124 Å². The van der Waals surface area contributed by atoms with Crippen LogP contribution in [0.2, 0.25) is 0 Å². The van der Waals surface area contributed by atoms with Crippen LogP contribution in [0.25, 0.3) is 56.2 Å². The van der Waals surface area contributed by atoms with E-state index in [1.165, 1.54) is 38.6 Å². The summed E-state index contributed by atoms with van der Waals surface area (Å²) in [7, 11) is 0. The monoisotopic (exact) mass is 555 g/mol. The van der Waals surface area contributed by atoms with Gasteiger partial charge in [-0.15, -0.1) is 0 Å². The number of fused-ring (bicyclic) bond motifs is 8. The van der Waals surface area contributed by atoms with Crippen LogP contribution in [0.3, 0.4) is 0 Å². The summed E-state index contributed by atoms with van der Waals surface area (Å²) in [4.78, 5) is 2.33. The fourth-order valence-electron chi connectivity index (χ4n) is 6.93. The van der Waals surface area contributed by atoms with E-state index < -0.39 is 0 Å². The highest BCUT2D eigenvalue weighted by molar-refractivity contribution is 6.09. The molecule has 0 saturated carbocycles. The standard InChI is InChI=1S/C40H29NO2/c1-2-8-26(9-3-1)27-14-17-29(18-15-27)41(31-19-21-34-33-12-6-7-13-36(33)43-39(34)25-31)30-20-23-37-35(24-30)40-32-11-5-4-10-28(32)16-22-38(40)42-37/h1-4,7-10,13-25H,5-6,11-12H2. The lowest BCUT2D eigenvalue weighted by atomic mass is 9.93. The second-order valence-electron chi connectivity index (χ2n) is 11.5. The Kier molecular flexibility index (Phi) is 5.45. The van der Waals surface area contributed by atoms with Gasteiger partial charge in [0.2, 0.25) is 0 Å². The predicted molar refractivity (Wildman–Crippen MR) is 178 cm³/mol.